The highest BCUT2D eigenvalue weighted by molar-refractivity contribution is 7.85. The van der Waals surface area contributed by atoms with Crippen LogP contribution in [0.4, 0.5) is 22.9 Å². The van der Waals surface area contributed by atoms with Crippen molar-refractivity contribution in [3.05, 3.63) is 51.6 Å². The standard InChI is InChI=1S/C26H25Cl2N7O6S/c1-3-23(36)30-22-9-16(34-8-4-5-15(13-34)26(37)38)6-7-21(22)31-32-25-18(12-29)14(2)33-35(25)24-19(27)10-17(11-20(24)28)42(39,40)41/h6-7,9-11,15H,3-5,8,13H2,1-2H3,(H,30,36)(H,37,38)(H,39,40,41). The number of hydrogen-bond donors (Lipinski definition) is 3. The number of amides is 1. The summed E-state index contributed by atoms with van der Waals surface area (Å²) in [5, 5.41) is 34.5. The van der Waals surface area contributed by atoms with Gasteiger partial charge < -0.3 is 15.3 Å². The maximum Gasteiger partial charge on any atom is 0.308 e. The molecule has 1 aromatic heterocycles. The third kappa shape index (κ3) is 6.55. The van der Waals surface area contributed by atoms with Crippen LogP contribution in [0.1, 0.15) is 37.4 Å². The fourth-order valence-corrected chi connectivity index (χ4v) is 5.76. The Morgan fingerprint density at radius 2 is 1.90 bits per heavy atom. The number of aryl methyl sites for hydroxylation is 1. The predicted molar refractivity (Wildman–Crippen MR) is 155 cm³/mol. The highest BCUT2D eigenvalue weighted by Gasteiger charge is 2.26. The molecule has 1 unspecified atom stereocenters. The molecule has 2 aromatic carbocycles. The van der Waals surface area contributed by atoms with Gasteiger partial charge in [-0.05, 0) is 50.1 Å². The first-order chi connectivity index (χ1) is 19.8. The second-order valence-corrected chi connectivity index (χ2v) is 11.7. The summed E-state index contributed by atoms with van der Waals surface area (Å²) in [5.41, 5.74) is 1.54. The number of nitrogens with one attached hydrogen (secondary N) is 1. The lowest BCUT2D eigenvalue weighted by Gasteiger charge is -2.32. The maximum atomic E-state index is 12.3. The van der Waals surface area contributed by atoms with Gasteiger partial charge in [-0.25, -0.2) is 4.68 Å². The van der Waals surface area contributed by atoms with Crippen molar-refractivity contribution >= 4 is 68.1 Å². The number of piperidine rings is 1. The molecule has 220 valence electrons. The van der Waals surface area contributed by atoms with Gasteiger partial charge in [-0.15, -0.1) is 10.2 Å². The predicted octanol–water partition coefficient (Wildman–Crippen LogP) is 5.67. The Morgan fingerprint density at radius 1 is 1.21 bits per heavy atom. The lowest BCUT2D eigenvalue weighted by Crippen LogP contribution is -2.38. The van der Waals surface area contributed by atoms with E-state index in [0.29, 0.717) is 37.3 Å². The van der Waals surface area contributed by atoms with Gasteiger partial charge >= 0.3 is 5.97 Å². The van der Waals surface area contributed by atoms with Crippen LogP contribution in [-0.4, -0.2) is 52.8 Å². The summed E-state index contributed by atoms with van der Waals surface area (Å²) in [7, 11) is -4.61. The van der Waals surface area contributed by atoms with Crippen molar-refractivity contribution < 1.29 is 27.7 Å². The van der Waals surface area contributed by atoms with Crippen LogP contribution in [0.25, 0.3) is 5.69 Å². The molecule has 3 N–H and O–H groups in total. The minimum absolute atomic E-state index is 0.00257. The number of nitriles is 1. The molecule has 1 aliphatic rings. The van der Waals surface area contributed by atoms with Crippen molar-refractivity contribution in [2.75, 3.05) is 23.3 Å². The van der Waals surface area contributed by atoms with Crippen LogP contribution in [-0.2, 0) is 19.7 Å². The monoisotopic (exact) mass is 633 g/mol. The van der Waals surface area contributed by atoms with Crippen LogP contribution < -0.4 is 10.2 Å². The van der Waals surface area contributed by atoms with Gasteiger partial charge in [0.1, 0.15) is 23.0 Å². The van der Waals surface area contributed by atoms with Crippen molar-refractivity contribution in [1.82, 2.24) is 9.78 Å². The van der Waals surface area contributed by atoms with E-state index in [1.54, 1.807) is 32.0 Å². The molecule has 2 heterocycles. The lowest BCUT2D eigenvalue weighted by atomic mass is 9.97. The van der Waals surface area contributed by atoms with Crippen LogP contribution in [0.2, 0.25) is 10.0 Å². The molecule has 1 amide bonds. The van der Waals surface area contributed by atoms with Gasteiger partial charge in [-0.3, -0.25) is 14.1 Å². The molecule has 1 aliphatic heterocycles. The number of aliphatic carboxylic acids is 1. The Bertz CT molecular complexity index is 1730. The summed E-state index contributed by atoms with van der Waals surface area (Å²) >= 11 is 12.6. The quantitative estimate of drug-likeness (QED) is 0.207. The van der Waals surface area contributed by atoms with Crippen molar-refractivity contribution in [3.8, 4) is 11.8 Å². The number of azo groups is 1. The van der Waals surface area contributed by atoms with Crippen LogP contribution >= 0.6 is 23.2 Å². The number of carboxylic acid groups (broad SMARTS) is 1. The largest absolute Gasteiger partial charge is 0.481 e. The molecule has 42 heavy (non-hydrogen) atoms. The molecule has 13 nitrogen and oxygen atoms in total. The van der Waals surface area contributed by atoms with Crippen molar-refractivity contribution in [2.45, 2.75) is 38.0 Å². The van der Waals surface area contributed by atoms with Crippen LogP contribution in [0, 0.1) is 24.2 Å². The number of carbonyl (C=O) groups is 2. The van der Waals surface area contributed by atoms with Gasteiger partial charge in [0, 0.05) is 25.2 Å². The number of hydrogen-bond acceptors (Lipinski definition) is 9. The number of benzene rings is 2. The van der Waals surface area contributed by atoms with E-state index in [4.69, 9.17) is 23.2 Å². The molecule has 0 spiro atoms. The zero-order valence-electron chi connectivity index (χ0n) is 22.4. The zero-order valence-corrected chi connectivity index (χ0v) is 24.7. The normalized spacial score (nSPS) is 15.5. The molecule has 0 aliphatic carbocycles. The summed E-state index contributed by atoms with van der Waals surface area (Å²) in [5.74, 6) is -1.74. The van der Waals surface area contributed by atoms with Crippen LogP contribution in [0.3, 0.4) is 0 Å². The van der Waals surface area contributed by atoms with Gasteiger partial charge in [0.25, 0.3) is 10.1 Å². The summed E-state index contributed by atoms with van der Waals surface area (Å²) in [6.45, 7) is 4.20. The summed E-state index contributed by atoms with van der Waals surface area (Å²) in [6.07, 6.45) is 1.47. The van der Waals surface area contributed by atoms with Gasteiger partial charge in [0.05, 0.1) is 32.2 Å². The van der Waals surface area contributed by atoms with E-state index < -0.39 is 26.9 Å². The number of carboxylic acids is 1. The Hall–Kier alpha value is -4.03. The fourth-order valence-electron chi connectivity index (χ4n) is 4.45. The number of aromatic nitrogens is 2. The zero-order chi connectivity index (χ0) is 30.8. The van der Waals surface area contributed by atoms with Crippen LogP contribution in [0.15, 0.2) is 45.5 Å². The molecule has 1 saturated heterocycles. The molecule has 1 fully saturated rings. The third-order valence-corrected chi connectivity index (χ3v) is 8.02. The van der Waals surface area contributed by atoms with Gasteiger partial charge in [0.2, 0.25) is 5.91 Å². The molecule has 1 atom stereocenters. The van der Waals surface area contributed by atoms with Crippen LogP contribution in [0.5, 0.6) is 0 Å². The molecule has 4 rings (SSSR count). The van der Waals surface area contributed by atoms with Gasteiger partial charge in [-0.1, -0.05) is 30.1 Å². The lowest BCUT2D eigenvalue weighted by molar-refractivity contribution is -0.142. The second-order valence-electron chi connectivity index (χ2n) is 9.44. The third-order valence-electron chi connectivity index (χ3n) is 6.61. The first kappa shape index (κ1) is 30.9. The van der Waals surface area contributed by atoms with E-state index in [0.717, 1.165) is 16.8 Å². The van der Waals surface area contributed by atoms with E-state index in [1.165, 1.54) is 0 Å². The smallest absolute Gasteiger partial charge is 0.308 e. The number of carbonyl (C=O) groups excluding carboxylic acids is 1. The molecule has 0 saturated carbocycles. The first-order valence-electron chi connectivity index (χ1n) is 12.6. The molecular weight excluding hydrogens is 609 g/mol. The molecular formula is C26H25Cl2N7O6S. The molecule has 0 radical (unpaired) electrons. The summed E-state index contributed by atoms with van der Waals surface area (Å²) in [4.78, 5) is 25.3. The molecule has 0 bridgehead atoms. The highest BCUT2D eigenvalue weighted by atomic mass is 35.5. The second kappa shape index (κ2) is 12.5. The molecule has 16 heteroatoms. The van der Waals surface area contributed by atoms with Crippen molar-refractivity contribution in [3.63, 3.8) is 0 Å². The minimum atomic E-state index is -4.61. The Labute approximate surface area is 251 Å². The number of nitrogens with zero attached hydrogens (tertiary/aromatic N) is 6. The van der Waals surface area contributed by atoms with Crippen molar-refractivity contribution in [2.24, 2.45) is 16.1 Å². The average Bonchev–Trinajstić information content (AvgIpc) is 3.25. The Morgan fingerprint density at radius 3 is 2.50 bits per heavy atom. The Balaban J connectivity index is 1.79. The van der Waals surface area contributed by atoms with Gasteiger partial charge in [-0.2, -0.15) is 18.8 Å². The summed E-state index contributed by atoms with van der Waals surface area (Å²) in [6, 6.07) is 8.98. The minimum Gasteiger partial charge on any atom is -0.481 e. The van der Waals surface area contributed by atoms with Gasteiger partial charge in [0.15, 0.2) is 5.82 Å². The number of halogens is 2. The van der Waals surface area contributed by atoms with E-state index in [1.807, 2.05) is 11.0 Å². The summed E-state index contributed by atoms with van der Waals surface area (Å²) < 4.78 is 33.7. The SMILES string of the molecule is CCC(=O)Nc1cc(N2CCCC(C(=O)O)C2)ccc1N=Nc1c(C#N)c(C)nn1-c1c(Cl)cc(S(=O)(=O)O)cc1Cl. The van der Waals surface area contributed by atoms with E-state index in [-0.39, 0.29) is 50.8 Å². The number of rotatable bonds is 8. The van der Waals surface area contributed by atoms with E-state index in [2.05, 4.69) is 20.6 Å². The highest BCUT2D eigenvalue weighted by Crippen LogP contribution is 2.38. The molecule has 3 aromatic rings. The van der Waals surface area contributed by atoms with E-state index in [9.17, 15) is 32.9 Å². The fraction of sp³-hybridized carbons (Fsp3) is 0.308. The maximum absolute atomic E-state index is 12.3. The van der Waals surface area contributed by atoms with Crippen molar-refractivity contribution in [1.29, 1.82) is 5.26 Å². The van der Waals surface area contributed by atoms with E-state index >= 15 is 0 Å². The Kier molecular flexibility index (Phi) is 9.17. The number of anilines is 2. The topological polar surface area (TPSA) is 190 Å². The average molecular weight is 635 g/mol. The first-order valence-corrected chi connectivity index (χ1v) is 14.8.